The first-order valence-corrected chi connectivity index (χ1v) is 6.48. The van der Waals surface area contributed by atoms with Crippen LogP contribution in [0.5, 0.6) is 11.5 Å². The highest BCUT2D eigenvalue weighted by molar-refractivity contribution is 5.89. The minimum atomic E-state index is -0.889. The molecule has 24 heavy (non-hydrogen) atoms. The van der Waals surface area contributed by atoms with Gasteiger partial charge in [0.15, 0.2) is 0 Å². The molecule has 122 valence electrons. The van der Waals surface area contributed by atoms with Crippen molar-refractivity contribution in [1.82, 2.24) is 0 Å². The largest absolute Gasteiger partial charge is 0.508 e. The molecule has 2 aromatic rings. The number of esters is 1. The van der Waals surface area contributed by atoms with E-state index in [-0.39, 0.29) is 5.75 Å². The van der Waals surface area contributed by atoms with Crippen molar-refractivity contribution in [3.05, 3.63) is 74.3 Å². The first-order valence-electron chi connectivity index (χ1n) is 6.48. The number of nitro benzene ring substituents is 2. The maximum Gasteiger partial charge on any atom is 0.336 e. The fraction of sp³-hybridized carbons (Fsp3) is 0. The Kier molecular flexibility index (Phi) is 4.85. The number of carbonyl (C=O) groups is 1. The van der Waals surface area contributed by atoms with E-state index in [1.807, 2.05) is 0 Å². The highest BCUT2D eigenvalue weighted by Crippen LogP contribution is 2.31. The van der Waals surface area contributed by atoms with Crippen LogP contribution in [0.1, 0.15) is 5.56 Å². The van der Waals surface area contributed by atoms with Crippen LogP contribution in [0.2, 0.25) is 0 Å². The van der Waals surface area contributed by atoms with Crippen LogP contribution < -0.4 is 4.74 Å². The van der Waals surface area contributed by atoms with E-state index in [0.29, 0.717) is 11.6 Å². The van der Waals surface area contributed by atoms with Gasteiger partial charge in [-0.3, -0.25) is 20.2 Å². The molecule has 0 amide bonds. The summed E-state index contributed by atoms with van der Waals surface area (Å²) < 4.78 is 4.85. The number of non-ortho nitro benzene ring substituents is 1. The van der Waals surface area contributed by atoms with Gasteiger partial charge in [-0.2, -0.15) is 0 Å². The van der Waals surface area contributed by atoms with Gasteiger partial charge in [-0.1, -0.05) is 12.1 Å². The number of nitro groups is 2. The molecule has 2 aromatic carbocycles. The number of ether oxygens (including phenoxy) is 1. The molecule has 9 nitrogen and oxygen atoms in total. The molecule has 0 saturated carbocycles. The maximum atomic E-state index is 11.7. The van der Waals surface area contributed by atoms with E-state index in [2.05, 4.69) is 0 Å². The van der Waals surface area contributed by atoms with Gasteiger partial charge in [-0.15, -0.1) is 0 Å². The van der Waals surface area contributed by atoms with Crippen LogP contribution in [-0.4, -0.2) is 20.9 Å². The lowest BCUT2D eigenvalue weighted by atomic mass is 10.2. The average molecular weight is 330 g/mol. The number of phenols is 1. The molecular formula is C15H10N2O7. The first-order chi connectivity index (χ1) is 11.4. The quantitative estimate of drug-likeness (QED) is 0.293. The molecule has 1 N–H and O–H groups in total. The van der Waals surface area contributed by atoms with E-state index in [9.17, 15) is 25.0 Å². The zero-order valence-corrected chi connectivity index (χ0v) is 12.0. The summed E-state index contributed by atoms with van der Waals surface area (Å²) in [4.78, 5) is 31.6. The number of aromatic hydroxyl groups is 1. The monoisotopic (exact) mass is 330 g/mol. The lowest BCUT2D eigenvalue weighted by Gasteiger charge is -2.02. The Labute approximate surface area is 134 Å². The van der Waals surface area contributed by atoms with E-state index in [0.717, 1.165) is 18.2 Å². The summed E-state index contributed by atoms with van der Waals surface area (Å²) in [5.74, 6) is -1.22. The molecule has 0 radical (unpaired) electrons. The molecule has 0 aliphatic heterocycles. The molecule has 2 rings (SSSR count). The van der Waals surface area contributed by atoms with Gasteiger partial charge >= 0.3 is 11.7 Å². The van der Waals surface area contributed by atoms with Gasteiger partial charge in [-0.25, -0.2) is 4.79 Å². The lowest BCUT2D eigenvalue weighted by Crippen LogP contribution is -2.06. The van der Waals surface area contributed by atoms with Crippen molar-refractivity contribution in [2.45, 2.75) is 0 Å². The highest BCUT2D eigenvalue weighted by Gasteiger charge is 2.21. The Balaban J connectivity index is 2.17. The third-order valence-electron chi connectivity index (χ3n) is 2.87. The molecule has 0 fully saturated rings. The average Bonchev–Trinajstić information content (AvgIpc) is 2.54. The van der Waals surface area contributed by atoms with Gasteiger partial charge in [0.25, 0.3) is 5.69 Å². The van der Waals surface area contributed by atoms with E-state index >= 15 is 0 Å². The minimum Gasteiger partial charge on any atom is -0.508 e. The van der Waals surface area contributed by atoms with Crippen molar-refractivity contribution in [1.29, 1.82) is 0 Å². The molecule has 0 unspecified atom stereocenters. The van der Waals surface area contributed by atoms with Crippen molar-refractivity contribution >= 4 is 23.4 Å². The summed E-state index contributed by atoms with van der Waals surface area (Å²) in [6.07, 6.45) is 2.43. The van der Waals surface area contributed by atoms with Crippen LogP contribution in [0.15, 0.2) is 48.5 Å². The van der Waals surface area contributed by atoms with Gasteiger partial charge in [0, 0.05) is 12.1 Å². The number of rotatable bonds is 5. The van der Waals surface area contributed by atoms with Gasteiger partial charge in [0.1, 0.15) is 5.75 Å². The highest BCUT2D eigenvalue weighted by atomic mass is 16.6. The van der Waals surface area contributed by atoms with Crippen molar-refractivity contribution in [2.75, 3.05) is 0 Å². The summed E-state index contributed by atoms with van der Waals surface area (Å²) >= 11 is 0. The molecule has 0 aliphatic rings. The summed E-state index contributed by atoms with van der Waals surface area (Å²) in [6, 6.07) is 8.65. The number of benzene rings is 2. The topological polar surface area (TPSA) is 133 Å². The summed E-state index contributed by atoms with van der Waals surface area (Å²) in [6.45, 7) is 0. The van der Waals surface area contributed by atoms with Crippen LogP contribution >= 0.6 is 0 Å². The number of hydrogen-bond acceptors (Lipinski definition) is 7. The molecule has 0 atom stereocenters. The predicted octanol–water partition coefficient (Wildman–Crippen LogP) is 2.83. The number of hydrogen-bond donors (Lipinski definition) is 1. The third-order valence-corrected chi connectivity index (χ3v) is 2.87. The molecule has 0 bridgehead atoms. The Bertz CT molecular complexity index is 828. The van der Waals surface area contributed by atoms with Gasteiger partial charge in [-0.05, 0) is 29.8 Å². The van der Waals surface area contributed by atoms with Crippen LogP contribution in [0.3, 0.4) is 0 Å². The Morgan fingerprint density at radius 1 is 1.04 bits per heavy atom. The van der Waals surface area contributed by atoms with E-state index in [1.54, 1.807) is 12.1 Å². The second-order valence-electron chi connectivity index (χ2n) is 4.51. The summed E-state index contributed by atoms with van der Waals surface area (Å²) in [5, 5.41) is 30.7. The molecular weight excluding hydrogens is 320 g/mol. The molecule has 0 heterocycles. The zero-order chi connectivity index (χ0) is 17.7. The standard InChI is InChI=1S/C15H10N2O7/c18-12-5-1-10(2-6-12)3-8-15(19)24-14-7-4-11(16(20)21)9-13(14)17(22)23/h1-9,18H/b8-3+. The Morgan fingerprint density at radius 2 is 1.71 bits per heavy atom. The fourth-order valence-corrected chi connectivity index (χ4v) is 1.74. The predicted molar refractivity (Wildman–Crippen MR) is 82.5 cm³/mol. The molecule has 0 aromatic heterocycles. The van der Waals surface area contributed by atoms with Crippen LogP contribution in [0.4, 0.5) is 11.4 Å². The van der Waals surface area contributed by atoms with Crippen molar-refractivity contribution in [3.63, 3.8) is 0 Å². The molecule has 9 heteroatoms. The Morgan fingerprint density at radius 3 is 2.29 bits per heavy atom. The van der Waals surface area contributed by atoms with Crippen LogP contribution in [0.25, 0.3) is 6.08 Å². The summed E-state index contributed by atoms with van der Waals surface area (Å²) in [7, 11) is 0. The van der Waals surface area contributed by atoms with E-state index in [4.69, 9.17) is 9.84 Å². The van der Waals surface area contributed by atoms with Crippen molar-refractivity contribution in [3.8, 4) is 11.5 Å². The number of phenolic OH excluding ortho intramolecular Hbond substituents is 1. The molecule has 0 aliphatic carbocycles. The van der Waals surface area contributed by atoms with Gasteiger partial charge < -0.3 is 9.84 Å². The smallest absolute Gasteiger partial charge is 0.336 e. The normalized spacial score (nSPS) is 10.5. The SMILES string of the molecule is O=C(/C=C/c1ccc(O)cc1)Oc1ccc([N+](=O)[O-])cc1[N+](=O)[O-]. The zero-order valence-electron chi connectivity index (χ0n) is 12.0. The van der Waals surface area contributed by atoms with E-state index < -0.39 is 32.9 Å². The lowest BCUT2D eigenvalue weighted by molar-refractivity contribution is -0.394. The number of carbonyl (C=O) groups excluding carboxylic acids is 1. The second kappa shape index (κ2) is 7.01. The molecule has 0 spiro atoms. The maximum absolute atomic E-state index is 11.7. The van der Waals surface area contributed by atoms with Crippen molar-refractivity contribution < 1.29 is 24.5 Å². The minimum absolute atomic E-state index is 0.0660. The van der Waals surface area contributed by atoms with Gasteiger partial charge in [0.05, 0.1) is 15.9 Å². The fourth-order valence-electron chi connectivity index (χ4n) is 1.74. The van der Waals surface area contributed by atoms with Gasteiger partial charge in [0.2, 0.25) is 5.75 Å². The first kappa shape index (κ1) is 16.6. The van der Waals surface area contributed by atoms with Crippen LogP contribution in [-0.2, 0) is 4.79 Å². The number of nitrogens with zero attached hydrogens (tertiary/aromatic N) is 2. The molecule has 0 saturated heterocycles. The van der Waals surface area contributed by atoms with Crippen LogP contribution in [0, 0.1) is 20.2 Å². The van der Waals surface area contributed by atoms with E-state index in [1.165, 1.54) is 18.2 Å². The Hall–Kier alpha value is -3.75. The van der Waals surface area contributed by atoms with Crippen molar-refractivity contribution in [2.24, 2.45) is 0 Å². The second-order valence-corrected chi connectivity index (χ2v) is 4.51. The summed E-state index contributed by atoms with van der Waals surface area (Å²) in [5.41, 5.74) is -0.570. The third kappa shape index (κ3) is 4.13.